The summed E-state index contributed by atoms with van der Waals surface area (Å²) in [6.45, 7) is 0. The zero-order chi connectivity index (χ0) is 22.2. The monoisotopic (exact) mass is 432 g/mol. The number of Topliss-reactive ketones (excluding diaryl/α,β-unsaturated/α-hetero) is 1. The maximum Gasteiger partial charge on any atom is 0.573 e. The van der Waals surface area contributed by atoms with Gasteiger partial charge in [0.2, 0.25) is 0 Å². The number of aromatic amines is 1. The van der Waals surface area contributed by atoms with Crippen LogP contribution in [-0.4, -0.2) is 23.0 Å². The maximum atomic E-state index is 12.6. The van der Waals surface area contributed by atoms with Gasteiger partial charge in [-0.05, 0) is 48.9 Å². The Morgan fingerprint density at radius 3 is 2.52 bits per heavy atom. The first-order valence-corrected chi connectivity index (χ1v) is 9.19. The molecule has 3 aromatic rings. The summed E-state index contributed by atoms with van der Waals surface area (Å²) < 4.78 is 45.8. The number of ketones is 1. The number of aromatic nitrogens is 1. The Balaban J connectivity index is 1.53. The molecule has 0 bridgehead atoms. The molecule has 7 nitrogen and oxygen atoms in total. The number of benzene rings is 1. The van der Waals surface area contributed by atoms with E-state index in [1.807, 2.05) is 0 Å². The largest absolute Gasteiger partial charge is 0.573 e. The van der Waals surface area contributed by atoms with Crippen molar-refractivity contribution in [3.63, 3.8) is 0 Å². The summed E-state index contributed by atoms with van der Waals surface area (Å²) in [5, 5.41) is 2.42. The van der Waals surface area contributed by atoms with Crippen LogP contribution in [-0.2, 0) is 6.42 Å². The third-order valence-corrected chi connectivity index (χ3v) is 4.84. The van der Waals surface area contributed by atoms with Gasteiger partial charge >= 0.3 is 6.36 Å². The molecular formula is C21H15F3N2O5. The Morgan fingerprint density at radius 2 is 1.87 bits per heavy atom. The Bertz CT molecular complexity index is 1180. The highest BCUT2D eigenvalue weighted by atomic mass is 19.4. The van der Waals surface area contributed by atoms with E-state index in [1.165, 1.54) is 24.5 Å². The summed E-state index contributed by atoms with van der Waals surface area (Å²) in [6.07, 6.45) is -2.77. The molecular weight excluding hydrogens is 417 g/mol. The lowest BCUT2D eigenvalue weighted by Crippen LogP contribution is -2.29. The Hall–Kier alpha value is -3.82. The van der Waals surface area contributed by atoms with E-state index in [0.717, 1.165) is 12.1 Å². The normalized spacial score (nSPS) is 16.0. The minimum absolute atomic E-state index is 0.154. The minimum atomic E-state index is -4.83. The SMILES string of the molecule is O=C1C[C@@H](c2ccco2)Cc2[nH]c(=O)c(C(=O)Nc3ccc(OC(F)(F)F)cc3)cc21. The van der Waals surface area contributed by atoms with Gasteiger partial charge in [0.05, 0.1) is 6.26 Å². The Labute approximate surface area is 172 Å². The number of halogens is 3. The molecule has 1 atom stereocenters. The van der Waals surface area contributed by atoms with Crippen LogP contribution in [0.3, 0.4) is 0 Å². The van der Waals surface area contributed by atoms with E-state index >= 15 is 0 Å². The van der Waals surface area contributed by atoms with Gasteiger partial charge in [0.1, 0.15) is 17.1 Å². The van der Waals surface area contributed by atoms with Crippen molar-refractivity contribution in [1.82, 2.24) is 4.98 Å². The standard InChI is InChI=1S/C21H15F3N2O5/c22-21(23,24)31-13-5-3-12(4-6-13)25-19(28)15-10-14-16(26-20(15)29)8-11(9-17(14)27)18-2-1-7-30-18/h1-7,10-11H,8-9H2,(H,25,28)(H,26,29)/t11-/m0/s1. The predicted octanol–water partition coefficient (Wildman–Crippen LogP) is 4.03. The Kier molecular flexibility index (Phi) is 5.14. The number of anilines is 1. The molecule has 0 aliphatic heterocycles. The number of H-pyrrole nitrogens is 1. The average molecular weight is 432 g/mol. The van der Waals surface area contributed by atoms with Crippen molar-refractivity contribution in [2.24, 2.45) is 0 Å². The van der Waals surface area contributed by atoms with Gasteiger partial charge in [-0.25, -0.2) is 0 Å². The molecule has 2 aromatic heterocycles. The number of hydrogen-bond acceptors (Lipinski definition) is 5. The van der Waals surface area contributed by atoms with Crippen LogP contribution in [0.1, 0.15) is 44.5 Å². The fourth-order valence-electron chi connectivity index (χ4n) is 3.46. The first kappa shape index (κ1) is 20.5. The summed E-state index contributed by atoms with van der Waals surface area (Å²) >= 11 is 0. The fraction of sp³-hybridized carbons (Fsp3) is 0.190. The first-order chi connectivity index (χ1) is 14.7. The molecule has 1 aliphatic rings. The van der Waals surface area contributed by atoms with Gasteiger partial charge in [0.15, 0.2) is 5.78 Å². The molecule has 31 heavy (non-hydrogen) atoms. The number of hydrogen-bond donors (Lipinski definition) is 2. The van der Waals surface area contributed by atoms with Gasteiger partial charge in [-0.1, -0.05) is 0 Å². The highest BCUT2D eigenvalue weighted by Gasteiger charge is 2.31. The summed E-state index contributed by atoms with van der Waals surface area (Å²) in [6, 6.07) is 9.17. The van der Waals surface area contributed by atoms with Crippen molar-refractivity contribution in [3.05, 3.63) is 81.7 Å². The molecule has 4 rings (SSSR count). The number of furan rings is 1. The van der Waals surface area contributed by atoms with Gasteiger partial charge in [-0.3, -0.25) is 14.4 Å². The highest BCUT2D eigenvalue weighted by Crippen LogP contribution is 2.32. The summed E-state index contributed by atoms with van der Waals surface area (Å²) in [7, 11) is 0. The third-order valence-electron chi connectivity index (χ3n) is 4.84. The minimum Gasteiger partial charge on any atom is -0.469 e. The van der Waals surface area contributed by atoms with Crippen LogP contribution in [0, 0.1) is 0 Å². The molecule has 1 aliphatic carbocycles. The van der Waals surface area contributed by atoms with Crippen molar-refractivity contribution in [3.8, 4) is 5.75 Å². The number of carbonyl (C=O) groups is 2. The number of fused-ring (bicyclic) bond motifs is 1. The third kappa shape index (κ3) is 4.52. The second-order valence-electron chi connectivity index (χ2n) is 6.97. The molecule has 2 heterocycles. The number of nitrogens with one attached hydrogen (secondary N) is 2. The molecule has 1 amide bonds. The van der Waals surface area contributed by atoms with E-state index in [1.54, 1.807) is 12.1 Å². The van der Waals surface area contributed by atoms with Gasteiger partial charge in [-0.2, -0.15) is 0 Å². The molecule has 0 spiro atoms. The van der Waals surface area contributed by atoms with Crippen LogP contribution < -0.4 is 15.6 Å². The molecule has 2 N–H and O–H groups in total. The van der Waals surface area contributed by atoms with E-state index in [2.05, 4.69) is 15.0 Å². The number of rotatable bonds is 4. The molecule has 1 aromatic carbocycles. The van der Waals surface area contributed by atoms with E-state index in [9.17, 15) is 27.6 Å². The lowest BCUT2D eigenvalue weighted by atomic mass is 9.84. The van der Waals surface area contributed by atoms with E-state index in [0.29, 0.717) is 17.9 Å². The molecule has 0 radical (unpaired) electrons. The highest BCUT2D eigenvalue weighted by molar-refractivity contribution is 6.06. The molecule has 0 fully saturated rings. The zero-order valence-electron chi connectivity index (χ0n) is 15.8. The van der Waals surface area contributed by atoms with Gasteiger partial charge < -0.3 is 19.5 Å². The lowest BCUT2D eigenvalue weighted by Gasteiger charge is -2.22. The zero-order valence-corrected chi connectivity index (χ0v) is 15.8. The first-order valence-electron chi connectivity index (χ1n) is 9.19. The maximum absolute atomic E-state index is 12.6. The van der Waals surface area contributed by atoms with Crippen molar-refractivity contribution in [2.45, 2.75) is 25.1 Å². The van der Waals surface area contributed by atoms with Crippen LogP contribution >= 0.6 is 0 Å². The summed E-state index contributed by atoms with van der Waals surface area (Å²) in [5.74, 6) is -1.05. The van der Waals surface area contributed by atoms with Crippen LogP contribution in [0.25, 0.3) is 0 Å². The van der Waals surface area contributed by atoms with Crippen molar-refractivity contribution in [2.75, 3.05) is 5.32 Å². The molecule has 0 saturated heterocycles. The Morgan fingerprint density at radius 1 is 1.13 bits per heavy atom. The van der Waals surface area contributed by atoms with Gasteiger partial charge in [0.25, 0.3) is 11.5 Å². The average Bonchev–Trinajstić information content (AvgIpc) is 3.22. The predicted molar refractivity (Wildman–Crippen MR) is 102 cm³/mol. The van der Waals surface area contributed by atoms with Gasteiger partial charge in [-0.15, -0.1) is 13.2 Å². The van der Waals surface area contributed by atoms with Crippen molar-refractivity contribution >= 4 is 17.4 Å². The lowest BCUT2D eigenvalue weighted by molar-refractivity contribution is -0.274. The molecule has 0 unspecified atom stereocenters. The smallest absolute Gasteiger partial charge is 0.469 e. The van der Waals surface area contributed by atoms with Crippen LogP contribution in [0.15, 0.2) is 57.9 Å². The van der Waals surface area contributed by atoms with Crippen LogP contribution in [0.2, 0.25) is 0 Å². The van der Waals surface area contributed by atoms with Crippen LogP contribution in [0.5, 0.6) is 5.75 Å². The quantitative estimate of drug-likeness (QED) is 0.648. The van der Waals surface area contributed by atoms with Crippen molar-refractivity contribution in [1.29, 1.82) is 0 Å². The van der Waals surface area contributed by atoms with E-state index in [-0.39, 0.29) is 34.9 Å². The van der Waals surface area contributed by atoms with Crippen LogP contribution in [0.4, 0.5) is 18.9 Å². The number of alkyl halides is 3. The topological polar surface area (TPSA) is 101 Å². The van der Waals surface area contributed by atoms with Gasteiger partial charge in [0, 0.05) is 29.3 Å². The fourth-order valence-corrected chi connectivity index (χ4v) is 3.46. The molecule has 10 heteroatoms. The number of ether oxygens (including phenoxy) is 1. The number of carbonyl (C=O) groups excluding carboxylic acids is 2. The summed E-state index contributed by atoms with van der Waals surface area (Å²) in [5.41, 5.74) is -0.129. The molecule has 0 saturated carbocycles. The van der Waals surface area contributed by atoms with E-state index in [4.69, 9.17) is 4.42 Å². The van der Waals surface area contributed by atoms with Crippen molar-refractivity contribution < 1.29 is 31.9 Å². The summed E-state index contributed by atoms with van der Waals surface area (Å²) in [4.78, 5) is 40.1. The number of amides is 1. The molecule has 160 valence electrons. The second-order valence-corrected chi connectivity index (χ2v) is 6.97. The second kappa shape index (κ2) is 7.78. The number of pyridine rings is 1. The van der Waals surface area contributed by atoms with E-state index < -0.39 is 23.6 Å².